The zero-order valence-electron chi connectivity index (χ0n) is 17.6. The van der Waals surface area contributed by atoms with Crippen LogP contribution in [0.2, 0.25) is 0 Å². The van der Waals surface area contributed by atoms with Crippen LogP contribution in [0.3, 0.4) is 0 Å². The van der Waals surface area contributed by atoms with Crippen molar-refractivity contribution >= 4 is 15.7 Å². The molecule has 2 aliphatic heterocycles. The number of aliphatic hydroxyl groups is 1. The molecule has 0 aromatic heterocycles. The molecule has 2 saturated heterocycles. The van der Waals surface area contributed by atoms with Crippen LogP contribution < -0.4 is 4.74 Å². The molecule has 2 heterocycles. The quantitative estimate of drug-likeness (QED) is 0.485. The summed E-state index contributed by atoms with van der Waals surface area (Å²) in [7, 11) is -3.76. The fraction of sp³-hybridized carbons (Fsp3) is 0.700. The van der Waals surface area contributed by atoms with Crippen molar-refractivity contribution in [1.82, 2.24) is 9.21 Å². The van der Waals surface area contributed by atoms with Gasteiger partial charge in [0.25, 0.3) is 0 Å². The van der Waals surface area contributed by atoms with Crippen molar-refractivity contribution in [1.29, 1.82) is 0 Å². The highest BCUT2D eigenvalue weighted by Gasteiger charge is 2.30. The van der Waals surface area contributed by atoms with Gasteiger partial charge in [-0.05, 0) is 43.2 Å². The first-order valence-corrected chi connectivity index (χ1v) is 11.9. The largest absolute Gasteiger partial charge is 0.484 e. The Labute approximate surface area is 177 Å². The third kappa shape index (κ3) is 5.48. The second kappa shape index (κ2) is 9.59. The lowest BCUT2D eigenvalue weighted by Crippen LogP contribution is -2.44. The summed E-state index contributed by atoms with van der Waals surface area (Å²) in [6.07, 6.45) is 1.95. The van der Waals surface area contributed by atoms with Crippen LogP contribution >= 0.6 is 0 Å². The van der Waals surface area contributed by atoms with Crippen molar-refractivity contribution < 1.29 is 23.2 Å². The number of ether oxygens (including phenoxy) is 1. The van der Waals surface area contributed by atoms with Gasteiger partial charge in [-0.15, -0.1) is 0 Å². The van der Waals surface area contributed by atoms with Crippen LogP contribution in [-0.4, -0.2) is 73.1 Å². The van der Waals surface area contributed by atoms with Crippen LogP contribution in [0.5, 0.6) is 5.75 Å². The Hall–Kier alpha value is -1.75. The molecule has 0 aliphatic carbocycles. The van der Waals surface area contributed by atoms with Gasteiger partial charge in [-0.3, -0.25) is 10.1 Å². The van der Waals surface area contributed by atoms with E-state index in [4.69, 9.17) is 4.74 Å². The van der Waals surface area contributed by atoms with Crippen molar-refractivity contribution in [3.8, 4) is 5.75 Å². The summed E-state index contributed by atoms with van der Waals surface area (Å²) >= 11 is 0. The van der Waals surface area contributed by atoms with Gasteiger partial charge in [0.1, 0.15) is 12.7 Å². The summed E-state index contributed by atoms with van der Waals surface area (Å²) in [6, 6.07) is 3.68. The molecule has 0 unspecified atom stereocenters. The van der Waals surface area contributed by atoms with Gasteiger partial charge in [0.2, 0.25) is 10.0 Å². The molecule has 30 heavy (non-hydrogen) atoms. The summed E-state index contributed by atoms with van der Waals surface area (Å²) in [5.74, 6) is 1.08. The van der Waals surface area contributed by atoms with E-state index in [9.17, 15) is 23.6 Å². The molecule has 1 aromatic rings. The van der Waals surface area contributed by atoms with Gasteiger partial charge in [-0.25, -0.2) is 8.42 Å². The SMILES string of the molecule is C[C@@H]1C[C@H](C)CN(C[C@H](O)COc2ccc(S(=O)(=O)N3CCCC3)cc2[N+](=O)[O-])C1. The van der Waals surface area contributed by atoms with Gasteiger partial charge in [0, 0.05) is 38.8 Å². The normalized spacial score (nSPS) is 24.6. The molecule has 10 heteroatoms. The Morgan fingerprint density at radius 1 is 1.23 bits per heavy atom. The minimum absolute atomic E-state index is 0.0418. The summed E-state index contributed by atoms with van der Waals surface area (Å²) < 4.78 is 32.2. The second-order valence-corrected chi connectivity index (χ2v) is 10.6. The van der Waals surface area contributed by atoms with Crippen molar-refractivity contribution in [2.24, 2.45) is 11.8 Å². The zero-order valence-corrected chi connectivity index (χ0v) is 18.4. The third-order valence-electron chi connectivity index (χ3n) is 5.67. The zero-order chi connectivity index (χ0) is 21.9. The van der Waals surface area contributed by atoms with E-state index < -0.39 is 26.7 Å². The molecule has 0 amide bonds. The first-order chi connectivity index (χ1) is 14.2. The molecule has 2 fully saturated rings. The number of nitro benzene ring substituents is 1. The highest BCUT2D eigenvalue weighted by Crippen LogP contribution is 2.32. The van der Waals surface area contributed by atoms with Crippen LogP contribution in [0.25, 0.3) is 0 Å². The number of likely N-dealkylation sites (tertiary alicyclic amines) is 1. The Balaban J connectivity index is 1.66. The van der Waals surface area contributed by atoms with E-state index in [-0.39, 0.29) is 17.3 Å². The molecule has 2 aliphatic rings. The molecule has 1 N–H and O–H groups in total. The standard InChI is InChI=1S/C20H31N3O6S/c1-15-9-16(2)12-21(11-15)13-17(24)14-29-20-6-5-18(10-19(20)23(25)26)30(27,28)22-7-3-4-8-22/h5-6,10,15-17,24H,3-4,7-9,11-14H2,1-2H3/t15-,16+,17-/m0/s1. The average molecular weight is 442 g/mol. The maximum atomic E-state index is 12.7. The summed E-state index contributed by atoms with van der Waals surface area (Å²) in [5, 5.41) is 21.9. The second-order valence-electron chi connectivity index (χ2n) is 8.63. The molecule has 168 valence electrons. The number of hydrogen-bond acceptors (Lipinski definition) is 7. The predicted molar refractivity (Wildman–Crippen MR) is 112 cm³/mol. The topological polar surface area (TPSA) is 113 Å². The van der Waals surface area contributed by atoms with Crippen molar-refractivity contribution in [2.75, 3.05) is 39.3 Å². The number of hydrogen-bond donors (Lipinski definition) is 1. The van der Waals surface area contributed by atoms with E-state index >= 15 is 0 Å². The Morgan fingerprint density at radius 2 is 1.87 bits per heavy atom. The predicted octanol–water partition coefficient (Wildman–Crippen LogP) is 2.10. The lowest BCUT2D eigenvalue weighted by Gasteiger charge is -2.35. The number of β-amino-alcohol motifs (C(OH)–C–C–N with tert-alkyl or cyclic N) is 1. The molecule has 0 spiro atoms. The molecule has 0 saturated carbocycles. The van der Waals surface area contributed by atoms with Crippen LogP contribution in [0.1, 0.15) is 33.1 Å². The minimum atomic E-state index is -3.76. The highest BCUT2D eigenvalue weighted by atomic mass is 32.2. The van der Waals surface area contributed by atoms with E-state index in [1.165, 1.54) is 22.9 Å². The molecule has 0 radical (unpaired) electrons. The van der Waals surface area contributed by atoms with E-state index in [0.717, 1.165) is 32.0 Å². The lowest BCUT2D eigenvalue weighted by atomic mass is 9.92. The molecule has 9 nitrogen and oxygen atoms in total. The fourth-order valence-electron chi connectivity index (χ4n) is 4.48. The average Bonchev–Trinajstić information content (AvgIpc) is 3.21. The van der Waals surface area contributed by atoms with Gasteiger partial charge >= 0.3 is 5.69 Å². The summed E-state index contributed by atoms with van der Waals surface area (Å²) in [5.41, 5.74) is -0.414. The number of aliphatic hydroxyl groups excluding tert-OH is 1. The van der Waals surface area contributed by atoms with Crippen molar-refractivity contribution in [2.45, 2.75) is 44.1 Å². The maximum Gasteiger partial charge on any atom is 0.312 e. The van der Waals surface area contributed by atoms with Gasteiger partial charge in [0.15, 0.2) is 5.75 Å². The molecule has 3 atom stereocenters. The monoisotopic (exact) mass is 441 g/mol. The first kappa shape index (κ1) is 22.9. The van der Waals surface area contributed by atoms with Gasteiger partial charge in [-0.2, -0.15) is 4.31 Å². The van der Waals surface area contributed by atoms with Gasteiger partial charge in [0.05, 0.1) is 9.82 Å². The summed E-state index contributed by atoms with van der Waals surface area (Å²) in [6.45, 7) is 7.37. The van der Waals surface area contributed by atoms with E-state index in [2.05, 4.69) is 18.7 Å². The Morgan fingerprint density at radius 3 is 2.47 bits per heavy atom. The van der Waals surface area contributed by atoms with Gasteiger partial charge < -0.3 is 14.7 Å². The number of sulfonamides is 1. The van der Waals surface area contributed by atoms with E-state index in [0.29, 0.717) is 31.5 Å². The Kier molecular flexibility index (Phi) is 7.33. The molecular weight excluding hydrogens is 410 g/mol. The number of rotatable bonds is 8. The van der Waals surface area contributed by atoms with Crippen LogP contribution in [0, 0.1) is 22.0 Å². The lowest BCUT2D eigenvalue weighted by molar-refractivity contribution is -0.386. The molecule has 0 bridgehead atoms. The number of benzene rings is 1. The fourth-order valence-corrected chi connectivity index (χ4v) is 6.02. The van der Waals surface area contributed by atoms with E-state index in [1.54, 1.807) is 0 Å². The molecule has 3 rings (SSSR count). The number of nitro groups is 1. The van der Waals surface area contributed by atoms with Crippen LogP contribution in [0.4, 0.5) is 5.69 Å². The Bertz CT molecular complexity index is 846. The first-order valence-electron chi connectivity index (χ1n) is 10.5. The number of piperidine rings is 1. The van der Waals surface area contributed by atoms with Gasteiger partial charge in [-0.1, -0.05) is 13.8 Å². The van der Waals surface area contributed by atoms with E-state index in [1.807, 2.05) is 0 Å². The number of nitrogens with zero attached hydrogens (tertiary/aromatic N) is 3. The van der Waals surface area contributed by atoms with Crippen molar-refractivity contribution in [3.05, 3.63) is 28.3 Å². The minimum Gasteiger partial charge on any atom is -0.484 e. The summed E-state index contributed by atoms with van der Waals surface area (Å²) in [4.78, 5) is 12.9. The smallest absolute Gasteiger partial charge is 0.312 e. The van der Waals surface area contributed by atoms with Crippen molar-refractivity contribution in [3.63, 3.8) is 0 Å². The highest BCUT2D eigenvalue weighted by molar-refractivity contribution is 7.89. The third-order valence-corrected chi connectivity index (χ3v) is 7.57. The van der Waals surface area contributed by atoms with Crippen LogP contribution in [-0.2, 0) is 10.0 Å². The van der Waals surface area contributed by atoms with Crippen LogP contribution in [0.15, 0.2) is 23.1 Å². The molecule has 1 aromatic carbocycles. The molecular formula is C20H31N3O6S. The maximum absolute atomic E-state index is 12.7.